The zero-order valence-corrected chi connectivity index (χ0v) is 35.9. The second-order valence-corrected chi connectivity index (χ2v) is 15.5. The Morgan fingerprint density at radius 2 is 0.679 bits per heavy atom. The van der Waals surface area contributed by atoms with Crippen molar-refractivity contribution in [1.29, 1.82) is 0 Å². The van der Waals surface area contributed by atoms with Gasteiger partial charge in [-0.25, -0.2) is 0 Å². The summed E-state index contributed by atoms with van der Waals surface area (Å²) >= 11 is 0. The number of benzene rings is 1. The molecular weight excluding hydrogens is 653 g/mol. The van der Waals surface area contributed by atoms with Crippen LogP contribution in [0.4, 0.5) is 0 Å². The molecule has 0 fully saturated rings. The Bertz CT molecular complexity index is 1520. The van der Waals surface area contributed by atoms with E-state index in [2.05, 4.69) is 111 Å². The predicted octanol–water partition coefficient (Wildman–Crippen LogP) is 15.0. The minimum Gasteiger partial charge on any atom is -0.504 e. The van der Waals surface area contributed by atoms with E-state index in [1.165, 1.54) is 71.6 Å². The van der Waals surface area contributed by atoms with Gasteiger partial charge in [0.15, 0.2) is 11.5 Å². The van der Waals surface area contributed by atoms with Gasteiger partial charge in [-0.05, 0) is 166 Å². The monoisotopic (exact) mass is 729 g/mol. The lowest BCUT2D eigenvalue weighted by Crippen LogP contribution is -1.98. The van der Waals surface area contributed by atoms with Crippen LogP contribution in [-0.4, -0.2) is 24.4 Å². The number of phenols is 2. The normalized spacial score (nSPS) is 13.8. The summed E-state index contributed by atoms with van der Waals surface area (Å²) in [7, 11) is 2.91. The van der Waals surface area contributed by atoms with Crippen molar-refractivity contribution < 1.29 is 19.7 Å². The molecule has 0 saturated heterocycles. The number of phenolic OH excluding ortho intramolecular Hbond substituents is 2. The molecule has 1 aromatic carbocycles. The number of hydrogen-bond donors (Lipinski definition) is 2. The van der Waals surface area contributed by atoms with Crippen molar-refractivity contribution in [2.24, 2.45) is 0 Å². The second-order valence-electron chi connectivity index (χ2n) is 15.5. The Hall–Kier alpha value is -3.66. The number of methoxy groups -OCH3 is 2. The molecule has 0 atom stereocenters. The van der Waals surface area contributed by atoms with E-state index >= 15 is 0 Å². The van der Waals surface area contributed by atoms with Gasteiger partial charge in [0.2, 0.25) is 11.5 Å². The lowest BCUT2D eigenvalue weighted by atomic mass is 9.99. The quantitative estimate of drug-likeness (QED) is 0.0777. The van der Waals surface area contributed by atoms with Crippen LogP contribution in [0.25, 0.3) is 0 Å². The van der Waals surface area contributed by atoms with E-state index in [9.17, 15) is 10.2 Å². The molecule has 0 saturated carbocycles. The van der Waals surface area contributed by atoms with Crippen molar-refractivity contribution in [3.05, 3.63) is 104 Å². The molecular formula is C49H76O4. The van der Waals surface area contributed by atoms with Crippen LogP contribution in [0.1, 0.15) is 163 Å². The largest absolute Gasteiger partial charge is 0.504 e. The summed E-state index contributed by atoms with van der Waals surface area (Å²) in [5.74, 6) is 0.357. The van der Waals surface area contributed by atoms with E-state index in [0.29, 0.717) is 17.5 Å². The SMILES string of the molecule is COc1c(O)c(C)c(C/C=C(\C)CC/C=C(/C)CC/C=C(\C)CC/C=C(\C)CC/C=C(\C)CC/C=C(\C)CC/C=C(\C)CCC=C(C)C)c(O)c1OC. The molecule has 0 spiro atoms. The molecule has 0 bridgehead atoms. The smallest absolute Gasteiger partial charge is 0.207 e. The second kappa shape index (κ2) is 27.0. The van der Waals surface area contributed by atoms with Crippen LogP contribution in [-0.2, 0) is 6.42 Å². The first kappa shape index (κ1) is 47.4. The topological polar surface area (TPSA) is 58.9 Å². The van der Waals surface area contributed by atoms with Gasteiger partial charge in [-0.3, -0.25) is 0 Å². The van der Waals surface area contributed by atoms with Crippen LogP contribution >= 0.6 is 0 Å². The minimum absolute atomic E-state index is 0.00661. The zero-order chi connectivity index (χ0) is 39.8. The van der Waals surface area contributed by atoms with E-state index < -0.39 is 0 Å². The number of allylic oxidation sites excluding steroid dienone is 16. The van der Waals surface area contributed by atoms with Gasteiger partial charge in [0.25, 0.3) is 0 Å². The molecule has 53 heavy (non-hydrogen) atoms. The summed E-state index contributed by atoms with van der Waals surface area (Å²) in [4.78, 5) is 0. The molecule has 4 heteroatoms. The number of hydrogen-bond acceptors (Lipinski definition) is 4. The molecule has 0 amide bonds. The van der Waals surface area contributed by atoms with Crippen molar-refractivity contribution >= 4 is 0 Å². The highest BCUT2D eigenvalue weighted by Crippen LogP contribution is 2.48. The van der Waals surface area contributed by atoms with Gasteiger partial charge in [0, 0.05) is 11.1 Å². The van der Waals surface area contributed by atoms with Crippen molar-refractivity contribution in [1.82, 2.24) is 0 Å². The summed E-state index contributed by atoms with van der Waals surface area (Å²) in [5.41, 5.74) is 12.9. The Kier molecular flexibility index (Phi) is 24.1. The van der Waals surface area contributed by atoms with Crippen LogP contribution in [0.15, 0.2) is 93.2 Å². The van der Waals surface area contributed by atoms with Crippen molar-refractivity contribution in [2.45, 2.75) is 166 Å². The minimum atomic E-state index is 0.00661. The molecule has 0 aliphatic rings. The number of aromatic hydroxyl groups is 2. The first-order valence-electron chi connectivity index (χ1n) is 20.1. The average molecular weight is 729 g/mol. The van der Waals surface area contributed by atoms with Crippen LogP contribution in [0.5, 0.6) is 23.0 Å². The molecule has 1 rings (SSSR count). The maximum absolute atomic E-state index is 10.7. The van der Waals surface area contributed by atoms with Crippen LogP contribution in [0.3, 0.4) is 0 Å². The predicted molar refractivity (Wildman–Crippen MR) is 232 cm³/mol. The maximum atomic E-state index is 10.7. The molecule has 0 heterocycles. The van der Waals surface area contributed by atoms with Crippen molar-refractivity contribution in [2.75, 3.05) is 14.2 Å². The van der Waals surface area contributed by atoms with Gasteiger partial charge >= 0.3 is 0 Å². The van der Waals surface area contributed by atoms with Gasteiger partial charge in [-0.2, -0.15) is 0 Å². The van der Waals surface area contributed by atoms with Crippen LogP contribution in [0, 0.1) is 6.92 Å². The third-order valence-corrected chi connectivity index (χ3v) is 10.1. The molecule has 4 nitrogen and oxygen atoms in total. The van der Waals surface area contributed by atoms with Gasteiger partial charge in [0.1, 0.15) is 0 Å². The van der Waals surface area contributed by atoms with E-state index in [-0.39, 0.29) is 23.0 Å². The zero-order valence-electron chi connectivity index (χ0n) is 35.9. The van der Waals surface area contributed by atoms with Crippen molar-refractivity contribution in [3.8, 4) is 23.0 Å². The summed E-state index contributed by atoms with van der Waals surface area (Å²) in [6, 6.07) is 0. The average Bonchev–Trinajstić information content (AvgIpc) is 3.09. The van der Waals surface area contributed by atoms with E-state index in [1.807, 2.05) is 0 Å². The molecule has 0 radical (unpaired) electrons. The Balaban J connectivity index is 2.36. The van der Waals surface area contributed by atoms with Crippen LogP contribution in [0.2, 0.25) is 0 Å². The molecule has 0 aliphatic carbocycles. The third-order valence-electron chi connectivity index (χ3n) is 10.1. The fourth-order valence-electron chi connectivity index (χ4n) is 6.33. The summed E-state index contributed by atoms with van der Waals surface area (Å²) < 4.78 is 10.5. The molecule has 0 unspecified atom stereocenters. The lowest BCUT2D eigenvalue weighted by molar-refractivity contribution is 0.314. The van der Waals surface area contributed by atoms with Gasteiger partial charge < -0.3 is 19.7 Å². The number of ether oxygens (including phenoxy) is 2. The third kappa shape index (κ3) is 20.4. The van der Waals surface area contributed by atoms with Gasteiger partial charge in [0.05, 0.1) is 14.2 Å². The molecule has 0 aliphatic heterocycles. The summed E-state index contributed by atoms with van der Waals surface area (Å²) in [6.45, 7) is 21.9. The first-order valence-corrected chi connectivity index (χ1v) is 20.1. The van der Waals surface area contributed by atoms with E-state index in [0.717, 1.165) is 77.0 Å². The fourth-order valence-corrected chi connectivity index (χ4v) is 6.33. The molecule has 1 aromatic rings. The lowest BCUT2D eigenvalue weighted by Gasteiger charge is -2.17. The first-order chi connectivity index (χ1) is 25.2. The fraction of sp³-hybridized carbons (Fsp3) is 0.551. The molecule has 296 valence electrons. The standard InChI is InChI=1S/C49H76O4/c1-36(2)20-13-21-37(3)22-14-23-38(4)24-15-25-39(5)26-16-27-40(6)28-17-29-41(7)30-18-31-42(8)32-19-33-43(9)34-35-45-44(10)46(50)48(52-11)49(53-12)47(45)51/h20,22,24,26,28,30,32,34,50-51H,13-19,21,23,25,27,29,31,33,35H2,1-12H3/b37-22+,38-24+,39-26+,40-28+,41-30+,42-32-,43-34+. The van der Waals surface area contributed by atoms with Gasteiger partial charge in [-0.1, -0.05) is 93.2 Å². The highest BCUT2D eigenvalue weighted by molar-refractivity contribution is 5.66. The van der Waals surface area contributed by atoms with E-state index in [4.69, 9.17) is 9.47 Å². The van der Waals surface area contributed by atoms with E-state index in [1.54, 1.807) is 6.92 Å². The molecule has 2 N–H and O–H groups in total. The van der Waals surface area contributed by atoms with Gasteiger partial charge in [-0.15, -0.1) is 0 Å². The van der Waals surface area contributed by atoms with Crippen molar-refractivity contribution in [3.63, 3.8) is 0 Å². The van der Waals surface area contributed by atoms with Crippen LogP contribution < -0.4 is 9.47 Å². The Morgan fingerprint density at radius 1 is 0.415 bits per heavy atom. The summed E-state index contributed by atoms with van der Waals surface area (Å²) in [6.07, 6.45) is 35.1. The summed E-state index contributed by atoms with van der Waals surface area (Å²) in [5, 5.41) is 21.2. The maximum Gasteiger partial charge on any atom is 0.207 e. The Morgan fingerprint density at radius 3 is 0.962 bits per heavy atom. The number of rotatable bonds is 25. The highest BCUT2D eigenvalue weighted by Gasteiger charge is 2.22. The Labute approximate surface area is 325 Å². The molecule has 0 aromatic heterocycles. The highest BCUT2D eigenvalue weighted by atomic mass is 16.5.